The number of hydrogen-bond acceptors (Lipinski definition) is 7. The molecule has 1 aromatic heterocycles. The molecule has 156 valence electrons. The van der Waals surface area contributed by atoms with Crippen LogP contribution in [0.5, 0.6) is 0 Å². The van der Waals surface area contributed by atoms with E-state index in [2.05, 4.69) is 20.6 Å². The van der Waals surface area contributed by atoms with Crippen molar-refractivity contribution in [2.24, 2.45) is 0 Å². The molecule has 2 aromatic rings. The van der Waals surface area contributed by atoms with Gasteiger partial charge in [-0.25, -0.2) is 18.4 Å². The minimum atomic E-state index is -3.56. The zero-order valence-electron chi connectivity index (χ0n) is 16.8. The normalized spacial score (nSPS) is 15.7. The van der Waals surface area contributed by atoms with E-state index < -0.39 is 10.0 Å². The van der Waals surface area contributed by atoms with E-state index in [1.54, 1.807) is 12.1 Å². The lowest BCUT2D eigenvalue weighted by molar-refractivity contribution is -0.114. The van der Waals surface area contributed by atoms with E-state index >= 15 is 0 Å². The molecule has 1 fully saturated rings. The van der Waals surface area contributed by atoms with Gasteiger partial charge < -0.3 is 15.5 Å². The number of benzene rings is 1. The Morgan fingerprint density at radius 2 is 1.79 bits per heavy atom. The number of aromatic nitrogens is 2. The number of anilines is 3. The van der Waals surface area contributed by atoms with E-state index in [9.17, 15) is 13.2 Å². The van der Waals surface area contributed by atoms with Gasteiger partial charge in [-0.15, -0.1) is 0 Å². The van der Waals surface area contributed by atoms with Crippen LogP contribution in [0.4, 0.5) is 17.3 Å². The van der Waals surface area contributed by atoms with Crippen LogP contribution >= 0.6 is 0 Å². The van der Waals surface area contributed by atoms with Crippen LogP contribution < -0.4 is 15.5 Å². The first-order chi connectivity index (χ1) is 13.8. The first-order valence-electron chi connectivity index (χ1n) is 9.39. The molecule has 1 saturated heterocycles. The van der Waals surface area contributed by atoms with Crippen molar-refractivity contribution in [2.45, 2.75) is 30.7 Å². The quantitative estimate of drug-likeness (QED) is 0.736. The molecular formula is C19H26N6O3S. The Bertz CT molecular complexity index is 954. The number of hydrogen-bond donors (Lipinski definition) is 2. The summed E-state index contributed by atoms with van der Waals surface area (Å²) in [5.41, 5.74) is 0.571. The Morgan fingerprint density at radius 3 is 2.38 bits per heavy atom. The van der Waals surface area contributed by atoms with Gasteiger partial charge in [0.1, 0.15) is 18.0 Å². The molecule has 0 bridgehead atoms. The fraction of sp³-hybridized carbons (Fsp3) is 0.421. The second-order valence-corrected chi connectivity index (χ2v) is 9.12. The smallest absolute Gasteiger partial charge is 0.243 e. The van der Waals surface area contributed by atoms with Gasteiger partial charge in [0.15, 0.2) is 0 Å². The summed E-state index contributed by atoms with van der Waals surface area (Å²) in [5, 5.41) is 6.01. The Labute approximate surface area is 171 Å². The van der Waals surface area contributed by atoms with Gasteiger partial charge in [-0.3, -0.25) is 4.79 Å². The van der Waals surface area contributed by atoms with Gasteiger partial charge in [-0.1, -0.05) is 0 Å². The van der Waals surface area contributed by atoms with Crippen molar-refractivity contribution in [1.82, 2.24) is 14.3 Å². The lowest BCUT2D eigenvalue weighted by Gasteiger charge is -2.32. The van der Waals surface area contributed by atoms with Crippen molar-refractivity contribution in [3.05, 3.63) is 36.7 Å². The van der Waals surface area contributed by atoms with E-state index in [0.717, 1.165) is 11.6 Å². The average Bonchev–Trinajstić information content (AvgIpc) is 2.68. The zero-order chi connectivity index (χ0) is 21.0. The molecule has 0 spiro atoms. The second-order valence-electron chi connectivity index (χ2n) is 7.18. The summed E-state index contributed by atoms with van der Waals surface area (Å²) in [6.45, 7) is 2.27. The van der Waals surface area contributed by atoms with Crippen LogP contribution in [0.3, 0.4) is 0 Å². The highest BCUT2D eigenvalue weighted by Crippen LogP contribution is 2.24. The van der Waals surface area contributed by atoms with Gasteiger partial charge in [-0.2, -0.15) is 4.31 Å². The third-order valence-electron chi connectivity index (χ3n) is 4.73. The topological polar surface area (TPSA) is 108 Å². The number of nitrogens with zero attached hydrogens (tertiary/aromatic N) is 4. The van der Waals surface area contributed by atoms with E-state index in [0.29, 0.717) is 31.6 Å². The molecule has 0 unspecified atom stereocenters. The average molecular weight is 419 g/mol. The molecule has 1 amide bonds. The Morgan fingerprint density at radius 1 is 1.14 bits per heavy atom. The highest BCUT2D eigenvalue weighted by Gasteiger charge is 2.29. The molecule has 10 heteroatoms. The summed E-state index contributed by atoms with van der Waals surface area (Å²) in [6.07, 6.45) is 2.89. The maximum absolute atomic E-state index is 12.9. The summed E-state index contributed by atoms with van der Waals surface area (Å²) in [7, 11) is 0.269. The van der Waals surface area contributed by atoms with Gasteiger partial charge in [0.2, 0.25) is 15.9 Å². The lowest BCUT2D eigenvalue weighted by Crippen LogP contribution is -2.42. The second kappa shape index (κ2) is 8.75. The molecule has 1 aliphatic heterocycles. The van der Waals surface area contributed by atoms with Crippen molar-refractivity contribution in [3.63, 3.8) is 0 Å². The Balaban J connectivity index is 1.60. The van der Waals surface area contributed by atoms with Crippen molar-refractivity contribution >= 4 is 33.3 Å². The van der Waals surface area contributed by atoms with Crippen LogP contribution in [0.15, 0.2) is 41.6 Å². The number of sulfonamides is 1. The zero-order valence-corrected chi connectivity index (χ0v) is 17.6. The summed E-state index contributed by atoms with van der Waals surface area (Å²) in [5.74, 6) is 1.35. The third-order valence-corrected chi connectivity index (χ3v) is 6.64. The van der Waals surface area contributed by atoms with Gasteiger partial charge in [0.05, 0.1) is 4.90 Å². The van der Waals surface area contributed by atoms with E-state index in [1.165, 1.54) is 29.7 Å². The van der Waals surface area contributed by atoms with Crippen molar-refractivity contribution in [1.29, 1.82) is 0 Å². The number of rotatable bonds is 6. The molecule has 1 aromatic carbocycles. The standard InChI is InChI=1S/C19H26N6O3S/c1-14(26)22-15-4-6-17(7-5-15)29(27,28)25-10-8-16(9-11-25)23-18-12-19(24(2)3)21-13-20-18/h4-7,12-13,16H,8-11H2,1-3H3,(H,22,26)(H,20,21,23). The van der Waals surface area contributed by atoms with Crippen LogP contribution in [0.1, 0.15) is 19.8 Å². The molecule has 1 aliphatic rings. The molecular weight excluding hydrogens is 392 g/mol. The predicted molar refractivity (Wildman–Crippen MR) is 113 cm³/mol. The molecule has 0 aliphatic carbocycles. The molecule has 0 saturated carbocycles. The van der Waals surface area contributed by atoms with Crippen molar-refractivity contribution in [2.75, 3.05) is 42.7 Å². The largest absolute Gasteiger partial charge is 0.367 e. The summed E-state index contributed by atoms with van der Waals surface area (Å²) in [6, 6.07) is 8.26. The molecule has 0 atom stereocenters. The highest BCUT2D eigenvalue weighted by molar-refractivity contribution is 7.89. The molecule has 2 heterocycles. The fourth-order valence-corrected chi connectivity index (χ4v) is 4.65. The van der Waals surface area contributed by atoms with E-state index in [4.69, 9.17) is 0 Å². The first kappa shape index (κ1) is 21.0. The fourth-order valence-electron chi connectivity index (χ4n) is 3.18. The number of carbonyl (C=O) groups excluding carboxylic acids is 1. The summed E-state index contributed by atoms with van der Waals surface area (Å²) < 4.78 is 27.3. The summed E-state index contributed by atoms with van der Waals surface area (Å²) >= 11 is 0. The van der Waals surface area contributed by atoms with Gasteiger partial charge in [0, 0.05) is 51.9 Å². The maximum atomic E-state index is 12.9. The molecule has 2 N–H and O–H groups in total. The number of amides is 1. The molecule has 9 nitrogen and oxygen atoms in total. The van der Waals surface area contributed by atoms with Crippen LogP contribution in [0.25, 0.3) is 0 Å². The Hall–Kier alpha value is -2.72. The maximum Gasteiger partial charge on any atom is 0.243 e. The van der Waals surface area contributed by atoms with Crippen LogP contribution in [0.2, 0.25) is 0 Å². The predicted octanol–water partition coefficient (Wildman–Crippen LogP) is 1.77. The lowest BCUT2D eigenvalue weighted by atomic mass is 10.1. The minimum absolute atomic E-state index is 0.147. The van der Waals surface area contributed by atoms with Gasteiger partial charge in [0.25, 0.3) is 0 Å². The van der Waals surface area contributed by atoms with Crippen LogP contribution in [-0.2, 0) is 14.8 Å². The van der Waals surface area contributed by atoms with Crippen LogP contribution in [0, 0.1) is 0 Å². The number of nitrogens with one attached hydrogen (secondary N) is 2. The molecule has 3 rings (SSSR count). The number of carbonyl (C=O) groups is 1. The third kappa shape index (κ3) is 5.21. The minimum Gasteiger partial charge on any atom is -0.367 e. The van der Waals surface area contributed by atoms with Gasteiger partial charge in [-0.05, 0) is 37.1 Å². The first-order valence-corrected chi connectivity index (χ1v) is 10.8. The van der Waals surface area contributed by atoms with Crippen LogP contribution in [-0.4, -0.2) is 61.8 Å². The monoisotopic (exact) mass is 418 g/mol. The Kier molecular flexibility index (Phi) is 6.33. The van der Waals surface area contributed by atoms with E-state index in [1.807, 2.05) is 25.1 Å². The SMILES string of the molecule is CC(=O)Nc1ccc(S(=O)(=O)N2CCC(Nc3cc(N(C)C)ncn3)CC2)cc1. The van der Waals surface area contributed by atoms with Gasteiger partial charge >= 0.3 is 0 Å². The summed E-state index contributed by atoms with van der Waals surface area (Å²) in [4.78, 5) is 21.7. The van der Waals surface area contributed by atoms with Crippen molar-refractivity contribution in [3.8, 4) is 0 Å². The highest BCUT2D eigenvalue weighted by atomic mass is 32.2. The molecule has 0 radical (unpaired) electrons. The number of piperidine rings is 1. The van der Waals surface area contributed by atoms with E-state index in [-0.39, 0.29) is 16.8 Å². The molecule has 29 heavy (non-hydrogen) atoms. The van der Waals surface area contributed by atoms with Crippen molar-refractivity contribution < 1.29 is 13.2 Å².